The Morgan fingerprint density at radius 1 is 1.17 bits per heavy atom. The highest BCUT2D eigenvalue weighted by Gasteiger charge is 2.31. The Morgan fingerprint density at radius 3 is 2.30 bits per heavy atom. The second-order valence-corrected chi connectivity index (χ2v) is 6.80. The van der Waals surface area contributed by atoms with Crippen molar-refractivity contribution in [3.63, 3.8) is 0 Å². The Hall–Kier alpha value is -0.430. The van der Waals surface area contributed by atoms with Gasteiger partial charge in [0, 0.05) is 43.5 Å². The Balaban J connectivity index is 0.00000264. The first-order chi connectivity index (χ1) is 10.5. The van der Waals surface area contributed by atoms with Gasteiger partial charge in [-0.1, -0.05) is 19.1 Å². The lowest BCUT2D eigenvalue weighted by Crippen LogP contribution is -2.45. The van der Waals surface area contributed by atoms with Crippen LogP contribution in [0.4, 0.5) is 13.2 Å². The van der Waals surface area contributed by atoms with Crippen molar-refractivity contribution < 1.29 is 13.2 Å². The molecule has 23 heavy (non-hydrogen) atoms. The SMILES string of the molecule is CCSc1ccc([C@H](CCC(F)(F)F)N2CCNCC2)cc1.Cl. The highest BCUT2D eigenvalue weighted by Crippen LogP contribution is 2.32. The largest absolute Gasteiger partial charge is 0.389 e. The van der Waals surface area contributed by atoms with E-state index in [0.29, 0.717) is 0 Å². The molecule has 1 aromatic carbocycles. The lowest BCUT2D eigenvalue weighted by atomic mass is 9.99. The molecule has 1 aliphatic rings. The van der Waals surface area contributed by atoms with E-state index in [0.717, 1.165) is 37.5 Å². The van der Waals surface area contributed by atoms with Crippen molar-refractivity contribution in [2.75, 3.05) is 31.9 Å². The standard InChI is InChI=1S/C16H23F3N2S.ClH/c1-2-22-14-5-3-13(4-6-14)15(7-8-16(17,18)19)21-11-9-20-10-12-21;/h3-6,15,20H,2,7-12H2,1H3;1H/t15-;/m0./s1. The van der Waals surface area contributed by atoms with Crippen LogP contribution in [0.2, 0.25) is 0 Å². The van der Waals surface area contributed by atoms with Gasteiger partial charge in [0.05, 0.1) is 0 Å². The lowest BCUT2D eigenvalue weighted by molar-refractivity contribution is -0.138. The van der Waals surface area contributed by atoms with Crippen molar-refractivity contribution in [3.05, 3.63) is 29.8 Å². The maximum atomic E-state index is 12.6. The van der Waals surface area contributed by atoms with E-state index in [1.807, 2.05) is 24.3 Å². The normalized spacial score (nSPS) is 17.6. The van der Waals surface area contributed by atoms with Gasteiger partial charge < -0.3 is 5.32 Å². The third kappa shape index (κ3) is 6.91. The Morgan fingerprint density at radius 2 is 1.78 bits per heavy atom. The monoisotopic (exact) mass is 368 g/mol. The molecule has 1 aliphatic heterocycles. The molecule has 0 spiro atoms. The molecule has 0 amide bonds. The molecular formula is C16H24ClF3N2S. The fourth-order valence-electron chi connectivity index (χ4n) is 2.81. The molecule has 0 unspecified atom stereocenters. The maximum absolute atomic E-state index is 12.6. The minimum Gasteiger partial charge on any atom is -0.314 e. The van der Waals surface area contributed by atoms with Crippen molar-refractivity contribution in [1.82, 2.24) is 10.2 Å². The fraction of sp³-hybridized carbons (Fsp3) is 0.625. The number of benzene rings is 1. The quantitative estimate of drug-likeness (QED) is 0.744. The first-order valence-electron chi connectivity index (χ1n) is 7.74. The van der Waals surface area contributed by atoms with Gasteiger partial charge in [-0.25, -0.2) is 0 Å². The van der Waals surface area contributed by atoms with E-state index < -0.39 is 12.6 Å². The number of halogens is 4. The van der Waals surface area contributed by atoms with Crippen LogP contribution in [0.5, 0.6) is 0 Å². The molecule has 1 heterocycles. The van der Waals surface area contributed by atoms with Crippen LogP contribution in [-0.4, -0.2) is 43.0 Å². The van der Waals surface area contributed by atoms with Crippen LogP contribution < -0.4 is 5.32 Å². The highest BCUT2D eigenvalue weighted by atomic mass is 35.5. The van der Waals surface area contributed by atoms with Crippen molar-refractivity contribution in [3.8, 4) is 0 Å². The summed E-state index contributed by atoms with van der Waals surface area (Å²) in [5, 5.41) is 3.25. The predicted molar refractivity (Wildman–Crippen MR) is 92.6 cm³/mol. The maximum Gasteiger partial charge on any atom is 0.389 e. The molecule has 1 atom stereocenters. The van der Waals surface area contributed by atoms with Crippen LogP contribution in [0, 0.1) is 0 Å². The number of piperazine rings is 1. The minimum atomic E-state index is -4.09. The van der Waals surface area contributed by atoms with E-state index in [1.54, 1.807) is 11.8 Å². The molecule has 0 radical (unpaired) electrons. The summed E-state index contributed by atoms with van der Waals surface area (Å²) < 4.78 is 37.9. The van der Waals surface area contributed by atoms with Crippen LogP contribution in [0.3, 0.4) is 0 Å². The summed E-state index contributed by atoms with van der Waals surface area (Å²) in [5.74, 6) is 0.995. The number of nitrogens with one attached hydrogen (secondary N) is 1. The summed E-state index contributed by atoms with van der Waals surface area (Å²) in [5.41, 5.74) is 0.992. The summed E-state index contributed by atoms with van der Waals surface area (Å²) in [7, 11) is 0. The average Bonchev–Trinajstić information content (AvgIpc) is 2.49. The van der Waals surface area contributed by atoms with Gasteiger partial charge >= 0.3 is 6.18 Å². The van der Waals surface area contributed by atoms with E-state index in [4.69, 9.17) is 0 Å². The summed E-state index contributed by atoms with van der Waals surface area (Å²) >= 11 is 1.75. The van der Waals surface area contributed by atoms with Gasteiger partial charge in [0.25, 0.3) is 0 Å². The second-order valence-electron chi connectivity index (χ2n) is 5.46. The van der Waals surface area contributed by atoms with E-state index >= 15 is 0 Å². The topological polar surface area (TPSA) is 15.3 Å². The predicted octanol–water partition coefficient (Wildman–Crippen LogP) is 4.51. The number of nitrogens with zero attached hydrogens (tertiary/aromatic N) is 1. The summed E-state index contributed by atoms with van der Waals surface area (Å²) in [6.45, 7) is 5.37. The van der Waals surface area contributed by atoms with Gasteiger partial charge in [-0.15, -0.1) is 24.2 Å². The van der Waals surface area contributed by atoms with Crippen LogP contribution in [0.25, 0.3) is 0 Å². The van der Waals surface area contributed by atoms with E-state index in [-0.39, 0.29) is 24.9 Å². The summed E-state index contributed by atoms with van der Waals surface area (Å²) in [4.78, 5) is 3.34. The van der Waals surface area contributed by atoms with Gasteiger partial charge in [-0.3, -0.25) is 4.90 Å². The second kappa shape index (κ2) is 9.77. The molecule has 1 aromatic rings. The Kier molecular flexibility index (Phi) is 8.75. The van der Waals surface area contributed by atoms with Crippen LogP contribution in [0.1, 0.15) is 31.4 Å². The molecule has 0 saturated carbocycles. The first kappa shape index (κ1) is 20.6. The molecule has 1 N–H and O–H groups in total. The number of thioether (sulfide) groups is 1. The number of hydrogen-bond acceptors (Lipinski definition) is 3. The van der Waals surface area contributed by atoms with E-state index in [1.165, 1.54) is 4.90 Å². The molecule has 132 valence electrons. The molecule has 2 rings (SSSR count). The van der Waals surface area contributed by atoms with Crippen LogP contribution in [-0.2, 0) is 0 Å². The smallest absolute Gasteiger partial charge is 0.314 e. The Bertz CT molecular complexity index is 448. The first-order valence-corrected chi connectivity index (χ1v) is 8.72. The van der Waals surface area contributed by atoms with Gasteiger partial charge in [-0.05, 0) is 29.9 Å². The highest BCUT2D eigenvalue weighted by molar-refractivity contribution is 7.99. The van der Waals surface area contributed by atoms with Crippen molar-refractivity contribution in [2.24, 2.45) is 0 Å². The van der Waals surface area contributed by atoms with E-state index in [2.05, 4.69) is 17.1 Å². The van der Waals surface area contributed by atoms with Gasteiger partial charge in [0.15, 0.2) is 0 Å². The zero-order valence-electron chi connectivity index (χ0n) is 13.2. The van der Waals surface area contributed by atoms with Crippen molar-refractivity contribution >= 4 is 24.2 Å². The van der Waals surface area contributed by atoms with Gasteiger partial charge in [0.1, 0.15) is 0 Å². The molecule has 0 aliphatic carbocycles. The van der Waals surface area contributed by atoms with Crippen LogP contribution in [0.15, 0.2) is 29.2 Å². The van der Waals surface area contributed by atoms with Gasteiger partial charge in [0.2, 0.25) is 0 Å². The minimum absolute atomic E-state index is 0. The Labute approximate surface area is 146 Å². The molecule has 2 nitrogen and oxygen atoms in total. The number of alkyl halides is 3. The van der Waals surface area contributed by atoms with E-state index in [9.17, 15) is 13.2 Å². The molecule has 0 aromatic heterocycles. The zero-order chi connectivity index (χ0) is 16.0. The van der Waals surface area contributed by atoms with Crippen LogP contribution >= 0.6 is 24.2 Å². The van der Waals surface area contributed by atoms with Crippen molar-refractivity contribution in [2.45, 2.75) is 36.9 Å². The summed E-state index contributed by atoms with van der Waals surface area (Å²) in [6.07, 6.45) is -4.69. The zero-order valence-corrected chi connectivity index (χ0v) is 14.9. The third-order valence-corrected chi connectivity index (χ3v) is 4.76. The number of hydrogen-bond donors (Lipinski definition) is 1. The fourth-order valence-corrected chi connectivity index (χ4v) is 3.47. The molecule has 1 saturated heterocycles. The molecule has 1 fully saturated rings. The van der Waals surface area contributed by atoms with Gasteiger partial charge in [-0.2, -0.15) is 13.2 Å². The number of rotatable bonds is 6. The third-order valence-electron chi connectivity index (χ3n) is 3.87. The summed E-state index contributed by atoms with van der Waals surface area (Å²) in [6, 6.07) is 7.87. The van der Waals surface area contributed by atoms with Crippen molar-refractivity contribution in [1.29, 1.82) is 0 Å². The average molecular weight is 369 g/mol. The lowest BCUT2D eigenvalue weighted by Gasteiger charge is -2.35. The molecule has 7 heteroatoms. The molecular weight excluding hydrogens is 345 g/mol. The molecule has 0 bridgehead atoms.